The number of carbonyl (C=O) groups is 1. The predicted octanol–water partition coefficient (Wildman–Crippen LogP) is 2.47. The average Bonchev–Trinajstić information content (AvgIpc) is 2.74. The Morgan fingerprint density at radius 3 is 2.83 bits per heavy atom. The number of carbonyl (C=O) groups excluding carboxylic acids is 1. The van der Waals surface area contributed by atoms with Crippen molar-refractivity contribution >= 4 is 22.8 Å². The molecule has 0 bridgehead atoms. The van der Waals surface area contributed by atoms with Crippen molar-refractivity contribution in [3.8, 4) is 5.75 Å². The number of hydrogen-bond donors (Lipinski definition) is 1. The maximum Gasteiger partial charge on any atom is 0.171 e. The molecule has 0 spiro atoms. The van der Waals surface area contributed by atoms with E-state index in [1.54, 1.807) is 25.3 Å². The van der Waals surface area contributed by atoms with Crippen molar-refractivity contribution in [3.05, 3.63) is 39.8 Å². The number of nitrogens with zero attached hydrogens (tertiary/aromatic N) is 1. The molecule has 2 aromatic rings. The number of nitrogen functional groups attached to an aromatic ring is 1. The van der Waals surface area contributed by atoms with E-state index in [9.17, 15) is 4.79 Å². The largest absolute Gasteiger partial charge is 0.497 e. The number of methoxy groups -OCH3 is 1. The highest BCUT2D eigenvalue weighted by atomic mass is 32.1. The Morgan fingerprint density at radius 2 is 2.28 bits per heavy atom. The van der Waals surface area contributed by atoms with Gasteiger partial charge in [0.2, 0.25) is 0 Å². The molecule has 0 saturated heterocycles. The van der Waals surface area contributed by atoms with Crippen LogP contribution in [-0.2, 0) is 6.42 Å². The molecule has 0 aliphatic rings. The molecule has 2 rings (SSSR count). The molecule has 0 aliphatic carbocycles. The molecule has 0 amide bonds. The average molecular weight is 262 g/mol. The first-order valence-corrected chi connectivity index (χ1v) is 6.36. The minimum absolute atomic E-state index is 0.0236. The molecule has 18 heavy (non-hydrogen) atoms. The van der Waals surface area contributed by atoms with Crippen LogP contribution in [0.25, 0.3) is 0 Å². The quantitative estimate of drug-likeness (QED) is 0.679. The summed E-state index contributed by atoms with van der Waals surface area (Å²) in [7, 11) is 1.56. The van der Waals surface area contributed by atoms with Crippen LogP contribution < -0.4 is 10.5 Å². The normalized spacial score (nSPS) is 10.3. The van der Waals surface area contributed by atoms with Crippen molar-refractivity contribution < 1.29 is 9.53 Å². The van der Waals surface area contributed by atoms with Gasteiger partial charge in [-0.05, 0) is 19.1 Å². The number of ether oxygens (including phenoxy) is 1. The Balaban J connectivity index is 2.18. The lowest BCUT2D eigenvalue weighted by Gasteiger charge is -2.06. The zero-order valence-corrected chi connectivity index (χ0v) is 11.1. The maximum absolute atomic E-state index is 12.1. The van der Waals surface area contributed by atoms with Crippen LogP contribution in [0.3, 0.4) is 0 Å². The molecular weight excluding hydrogens is 248 g/mol. The molecule has 5 heteroatoms. The second-order valence-electron chi connectivity index (χ2n) is 3.94. The predicted molar refractivity (Wildman–Crippen MR) is 72.3 cm³/mol. The fraction of sp³-hybridized carbons (Fsp3) is 0.231. The molecule has 0 atom stereocenters. The van der Waals surface area contributed by atoms with E-state index in [1.165, 1.54) is 11.3 Å². The summed E-state index contributed by atoms with van der Waals surface area (Å²) in [4.78, 5) is 16.4. The molecule has 0 fully saturated rings. The summed E-state index contributed by atoms with van der Waals surface area (Å²) >= 11 is 1.49. The van der Waals surface area contributed by atoms with Crippen molar-refractivity contribution in [2.45, 2.75) is 13.3 Å². The summed E-state index contributed by atoms with van der Waals surface area (Å²) in [6, 6.07) is 5.08. The third-order valence-electron chi connectivity index (χ3n) is 2.54. The molecule has 1 aromatic heterocycles. The van der Waals surface area contributed by atoms with Gasteiger partial charge in [0, 0.05) is 28.4 Å². The van der Waals surface area contributed by atoms with Crippen LogP contribution in [0.4, 0.5) is 5.69 Å². The Morgan fingerprint density at radius 1 is 1.50 bits per heavy atom. The van der Waals surface area contributed by atoms with E-state index in [1.807, 2.05) is 12.3 Å². The molecule has 0 saturated carbocycles. The second kappa shape index (κ2) is 5.18. The van der Waals surface area contributed by atoms with Crippen LogP contribution >= 0.6 is 11.3 Å². The van der Waals surface area contributed by atoms with Crippen LogP contribution in [0.1, 0.15) is 21.1 Å². The summed E-state index contributed by atoms with van der Waals surface area (Å²) in [5, 5.41) is 2.74. The first kappa shape index (κ1) is 12.6. The number of aryl methyl sites for hydroxylation is 1. The standard InChI is InChI=1S/C13H14N2O2S/c1-8-7-18-13(15-8)6-12(16)10-4-3-9(17-2)5-11(10)14/h3-5,7H,6,14H2,1-2H3. The highest BCUT2D eigenvalue weighted by molar-refractivity contribution is 7.09. The molecule has 0 radical (unpaired) electrons. The maximum atomic E-state index is 12.1. The number of hydrogen-bond acceptors (Lipinski definition) is 5. The van der Waals surface area contributed by atoms with Crippen LogP contribution in [0.5, 0.6) is 5.75 Å². The number of benzene rings is 1. The van der Waals surface area contributed by atoms with Crippen LogP contribution in [-0.4, -0.2) is 17.9 Å². The van der Waals surface area contributed by atoms with Gasteiger partial charge in [0.05, 0.1) is 13.5 Å². The van der Waals surface area contributed by atoms with Crippen molar-refractivity contribution in [3.63, 3.8) is 0 Å². The number of anilines is 1. The number of Topliss-reactive ketones (excluding diaryl/α,β-unsaturated/α-hetero) is 1. The number of ketones is 1. The number of nitrogens with two attached hydrogens (primary N) is 1. The summed E-state index contributed by atoms with van der Waals surface area (Å²) in [6.45, 7) is 1.91. The molecule has 0 aliphatic heterocycles. The Kier molecular flexibility index (Phi) is 3.62. The van der Waals surface area contributed by atoms with Gasteiger partial charge in [-0.15, -0.1) is 11.3 Å². The first-order chi connectivity index (χ1) is 8.60. The molecule has 2 N–H and O–H groups in total. The molecule has 94 valence electrons. The van der Waals surface area contributed by atoms with E-state index in [0.29, 0.717) is 17.0 Å². The zero-order valence-electron chi connectivity index (χ0n) is 10.3. The fourth-order valence-corrected chi connectivity index (χ4v) is 2.41. The third-order valence-corrected chi connectivity index (χ3v) is 3.50. The third kappa shape index (κ3) is 2.68. The fourth-order valence-electron chi connectivity index (χ4n) is 1.64. The van der Waals surface area contributed by atoms with E-state index >= 15 is 0 Å². The summed E-state index contributed by atoms with van der Waals surface area (Å²) < 4.78 is 5.05. The number of rotatable bonds is 4. The van der Waals surface area contributed by atoms with Crippen molar-refractivity contribution in [2.24, 2.45) is 0 Å². The molecule has 1 aromatic carbocycles. The van der Waals surface area contributed by atoms with E-state index < -0.39 is 0 Å². The van der Waals surface area contributed by atoms with E-state index in [-0.39, 0.29) is 12.2 Å². The Labute approximate surface area is 109 Å². The summed E-state index contributed by atoms with van der Waals surface area (Å²) in [6.07, 6.45) is 0.287. The van der Waals surface area contributed by atoms with Gasteiger partial charge in [-0.1, -0.05) is 0 Å². The lowest BCUT2D eigenvalue weighted by molar-refractivity contribution is 0.0993. The van der Waals surface area contributed by atoms with Gasteiger partial charge < -0.3 is 10.5 Å². The SMILES string of the molecule is COc1ccc(C(=O)Cc2nc(C)cs2)c(N)c1. The zero-order chi connectivity index (χ0) is 13.1. The second-order valence-corrected chi connectivity index (χ2v) is 4.88. The minimum atomic E-state index is -0.0236. The topological polar surface area (TPSA) is 65.2 Å². The highest BCUT2D eigenvalue weighted by Crippen LogP contribution is 2.21. The van der Waals surface area contributed by atoms with Crippen LogP contribution in [0, 0.1) is 6.92 Å². The molecular formula is C13H14N2O2S. The van der Waals surface area contributed by atoms with E-state index in [4.69, 9.17) is 10.5 Å². The van der Waals surface area contributed by atoms with Gasteiger partial charge in [-0.3, -0.25) is 4.79 Å². The smallest absolute Gasteiger partial charge is 0.171 e. The molecule has 4 nitrogen and oxygen atoms in total. The minimum Gasteiger partial charge on any atom is -0.497 e. The Bertz CT molecular complexity index is 578. The van der Waals surface area contributed by atoms with Crippen molar-refractivity contribution in [2.75, 3.05) is 12.8 Å². The highest BCUT2D eigenvalue weighted by Gasteiger charge is 2.13. The van der Waals surface area contributed by atoms with E-state index in [2.05, 4.69) is 4.98 Å². The van der Waals surface area contributed by atoms with Crippen LogP contribution in [0.15, 0.2) is 23.6 Å². The summed E-state index contributed by atoms with van der Waals surface area (Å²) in [5.74, 6) is 0.624. The summed E-state index contributed by atoms with van der Waals surface area (Å²) in [5.41, 5.74) is 7.73. The lowest BCUT2D eigenvalue weighted by atomic mass is 10.1. The lowest BCUT2D eigenvalue weighted by Crippen LogP contribution is -2.07. The van der Waals surface area contributed by atoms with Gasteiger partial charge in [-0.2, -0.15) is 0 Å². The van der Waals surface area contributed by atoms with Gasteiger partial charge in [0.1, 0.15) is 10.8 Å². The van der Waals surface area contributed by atoms with Crippen LogP contribution in [0.2, 0.25) is 0 Å². The van der Waals surface area contributed by atoms with Gasteiger partial charge in [0.15, 0.2) is 5.78 Å². The first-order valence-electron chi connectivity index (χ1n) is 5.48. The Hall–Kier alpha value is -1.88. The van der Waals surface area contributed by atoms with Crippen molar-refractivity contribution in [1.29, 1.82) is 0 Å². The number of aromatic nitrogens is 1. The van der Waals surface area contributed by atoms with Gasteiger partial charge in [-0.25, -0.2) is 4.98 Å². The van der Waals surface area contributed by atoms with Gasteiger partial charge >= 0.3 is 0 Å². The molecule has 0 unspecified atom stereocenters. The van der Waals surface area contributed by atoms with Crippen molar-refractivity contribution in [1.82, 2.24) is 4.98 Å². The molecule has 1 heterocycles. The number of thiazole rings is 1. The van der Waals surface area contributed by atoms with Gasteiger partial charge in [0.25, 0.3) is 0 Å². The monoisotopic (exact) mass is 262 g/mol. The van der Waals surface area contributed by atoms with E-state index in [0.717, 1.165) is 10.7 Å².